The summed E-state index contributed by atoms with van der Waals surface area (Å²) in [5, 5.41) is 13.2. The molecule has 0 bridgehead atoms. The molecule has 2 heterocycles. The Kier molecular flexibility index (Phi) is 5.80. The third-order valence-corrected chi connectivity index (χ3v) is 7.80. The minimum absolute atomic E-state index is 0.0417. The number of rotatable bonds is 4. The molecule has 1 unspecified atom stereocenters. The number of fused-ring (bicyclic) bond motifs is 2. The molecule has 1 aliphatic carbocycles. The van der Waals surface area contributed by atoms with Crippen LogP contribution >= 0.6 is 0 Å². The van der Waals surface area contributed by atoms with Crippen LogP contribution in [0.15, 0.2) is 24.3 Å². The largest absolute Gasteiger partial charge is 0.395 e. The second-order valence-corrected chi connectivity index (χ2v) is 9.51. The molecule has 2 fully saturated rings. The van der Waals surface area contributed by atoms with Crippen molar-refractivity contribution in [3.63, 3.8) is 0 Å². The van der Waals surface area contributed by atoms with Gasteiger partial charge >= 0.3 is 0 Å². The first-order valence-electron chi connectivity index (χ1n) is 11.3. The molecular weight excluding hydrogens is 348 g/mol. The van der Waals surface area contributed by atoms with Gasteiger partial charge in [-0.15, -0.1) is 0 Å². The SMILES string of the molecule is CC(C)C1CCC(C2c3ccccc3C3(CCNCC3)C(=O)N2CCO)CC1. The summed E-state index contributed by atoms with van der Waals surface area (Å²) >= 11 is 0. The van der Waals surface area contributed by atoms with E-state index in [0.29, 0.717) is 12.5 Å². The lowest BCUT2D eigenvalue weighted by atomic mass is 9.64. The Labute approximate surface area is 169 Å². The molecule has 1 atom stereocenters. The number of nitrogens with one attached hydrogen (secondary N) is 1. The molecule has 1 spiro atoms. The summed E-state index contributed by atoms with van der Waals surface area (Å²) in [7, 11) is 0. The van der Waals surface area contributed by atoms with Gasteiger partial charge in [-0.25, -0.2) is 0 Å². The maximum Gasteiger partial charge on any atom is 0.233 e. The normalized spacial score (nSPS) is 29.9. The number of amides is 1. The molecule has 4 rings (SSSR count). The standard InChI is InChI=1S/C24H36N2O2/c1-17(2)18-7-9-19(10-8-18)22-20-5-3-4-6-21(20)24(11-13-25-14-12-24)23(28)26(22)15-16-27/h3-6,17-19,22,25,27H,7-16H2,1-2H3. The van der Waals surface area contributed by atoms with Gasteiger partial charge in [-0.2, -0.15) is 0 Å². The van der Waals surface area contributed by atoms with Crippen molar-refractivity contribution in [3.05, 3.63) is 35.4 Å². The molecular formula is C24H36N2O2. The average Bonchev–Trinajstić information content (AvgIpc) is 2.73. The van der Waals surface area contributed by atoms with Crippen molar-refractivity contribution in [2.24, 2.45) is 17.8 Å². The van der Waals surface area contributed by atoms with Crippen LogP contribution in [0.25, 0.3) is 0 Å². The maximum atomic E-state index is 13.9. The van der Waals surface area contributed by atoms with Crippen molar-refractivity contribution in [2.45, 2.75) is 63.8 Å². The number of piperidine rings is 1. The van der Waals surface area contributed by atoms with Crippen molar-refractivity contribution < 1.29 is 9.90 Å². The van der Waals surface area contributed by atoms with E-state index in [-0.39, 0.29) is 18.6 Å². The highest BCUT2D eigenvalue weighted by atomic mass is 16.3. The second-order valence-electron chi connectivity index (χ2n) is 9.51. The van der Waals surface area contributed by atoms with Crippen molar-refractivity contribution in [1.82, 2.24) is 10.2 Å². The van der Waals surface area contributed by atoms with Crippen LogP contribution in [-0.2, 0) is 10.2 Å². The van der Waals surface area contributed by atoms with E-state index < -0.39 is 5.41 Å². The summed E-state index contributed by atoms with van der Waals surface area (Å²) in [4.78, 5) is 15.9. The molecule has 1 aromatic carbocycles. The maximum absolute atomic E-state index is 13.9. The minimum atomic E-state index is -0.400. The molecule has 0 radical (unpaired) electrons. The summed E-state index contributed by atoms with van der Waals surface area (Å²) in [6.45, 7) is 6.94. The molecule has 1 saturated heterocycles. The molecule has 2 N–H and O–H groups in total. The Morgan fingerprint density at radius 2 is 1.82 bits per heavy atom. The van der Waals surface area contributed by atoms with E-state index in [1.54, 1.807) is 0 Å². The van der Waals surface area contributed by atoms with Gasteiger partial charge in [0, 0.05) is 6.54 Å². The first-order chi connectivity index (χ1) is 13.6. The fourth-order valence-corrected chi connectivity index (χ4v) is 6.20. The van der Waals surface area contributed by atoms with Crippen LogP contribution < -0.4 is 5.32 Å². The van der Waals surface area contributed by atoms with E-state index in [1.165, 1.54) is 36.8 Å². The van der Waals surface area contributed by atoms with E-state index in [2.05, 4.69) is 48.3 Å². The molecule has 4 heteroatoms. The van der Waals surface area contributed by atoms with Gasteiger partial charge in [0.05, 0.1) is 18.1 Å². The van der Waals surface area contributed by atoms with Crippen molar-refractivity contribution in [2.75, 3.05) is 26.2 Å². The summed E-state index contributed by atoms with van der Waals surface area (Å²) in [6.07, 6.45) is 6.61. The highest BCUT2D eigenvalue weighted by Crippen LogP contribution is 2.51. The van der Waals surface area contributed by atoms with Crippen molar-refractivity contribution in [1.29, 1.82) is 0 Å². The van der Waals surface area contributed by atoms with Crippen molar-refractivity contribution in [3.8, 4) is 0 Å². The second kappa shape index (κ2) is 8.16. The Morgan fingerprint density at radius 3 is 2.46 bits per heavy atom. The first kappa shape index (κ1) is 19.9. The monoisotopic (exact) mass is 384 g/mol. The Morgan fingerprint density at radius 1 is 1.14 bits per heavy atom. The lowest BCUT2D eigenvalue weighted by Gasteiger charge is -2.51. The number of aliphatic hydroxyl groups excluding tert-OH is 1. The zero-order chi connectivity index (χ0) is 19.7. The van der Waals surface area contributed by atoms with Gasteiger partial charge in [-0.3, -0.25) is 4.79 Å². The van der Waals surface area contributed by atoms with E-state index in [1.807, 2.05) is 0 Å². The van der Waals surface area contributed by atoms with Crippen LogP contribution in [0.2, 0.25) is 0 Å². The molecule has 0 aromatic heterocycles. The fourth-order valence-electron chi connectivity index (χ4n) is 6.20. The van der Waals surface area contributed by atoms with E-state index in [4.69, 9.17) is 0 Å². The Balaban J connectivity index is 1.72. The summed E-state index contributed by atoms with van der Waals surface area (Å²) < 4.78 is 0. The Bertz CT molecular complexity index is 688. The number of benzene rings is 1. The number of hydrogen-bond acceptors (Lipinski definition) is 3. The van der Waals surface area contributed by atoms with Crippen LogP contribution in [-0.4, -0.2) is 42.2 Å². The summed E-state index contributed by atoms with van der Waals surface area (Å²) in [5.74, 6) is 2.32. The van der Waals surface area contributed by atoms with E-state index in [9.17, 15) is 9.90 Å². The van der Waals surface area contributed by atoms with Crippen molar-refractivity contribution >= 4 is 5.91 Å². The third-order valence-electron chi connectivity index (χ3n) is 7.80. The number of carbonyl (C=O) groups is 1. The van der Waals surface area contributed by atoms with Gasteiger partial charge in [0.15, 0.2) is 0 Å². The molecule has 28 heavy (non-hydrogen) atoms. The third kappa shape index (κ3) is 3.29. The number of β-amino-alcohol motifs (C(OH)–C–C–N with tert-alkyl or cyclic N) is 1. The van der Waals surface area contributed by atoms with Gasteiger partial charge < -0.3 is 15.3 Å². The predicted molar refractivity (Wildman–Crippen MR) is 112 cm³/mol. The molecule has 1 saturated carbocycles. The lowest BCUT2D eigenvalue weighted by Crippen LogP contribution is -2.58. The van der Waals surface area contributed by atoms with Crippen LogP contribution in [0.3, 0.4) is 0 Å². The van der Waals surface area contributed by atoms with Gasteiger partial charge in [0.25, 0.3) is 0 Å². The lowest BCUT2D eigenvalue weighted by molar-refractivity contribution is -0.146. The summed E-state index contributed by atoms with van der Waals surface area (Å²) in [6, 6.07) is 8.83. The van der Waals surface area contributed by atoms with Crippen LogP contribution in [0, 0.1) is 17.8 Å². The molecule has 2 aliphatic heterocycles. The van der Waals surface area contributed by atoms with Gasteiger partial charge in [0.1, 0.15) is 0 Å². The minimum Gasteiger partial charge on any atom is -0.395 e. The van der Waals surface area contributed by atoms with Crippen LogP contribution in [0.4, 0.5) is 0 Å². The van der Waals surface area contributed by atoms with Crippen LogP contribution in [0.5, 0.6) is 0 Å². The molecule has 1 aromatic rings. The fraction of sp³-hybridized carbons (Fsp3) is 0.708. The topological polar surface area (TPSA) is 52.6 Å². The molecule has 3 aliphatic rings. The zero-order valence-electron chi connectivity index (χ0n) is 17.5. The predicted octanol–water partition coefficient (Wildman–Crippen LogP) is 3.65. The highest BCUT2D eigenvalue weighted by Gasteiger charge is 2.52. The van der Waals surface area contributed by atoms with Gasteiger partial charge in [-0.05, 0) is 80.5 Å². The zero-order valence-corrected chi connectivity index (χ0v) is 17.5. The average molecular weight is 385 g/mol. The quantitative estimate of drug-likeness (QED) is 0.833. The van der Waals surface area contributed by atoms with Gasteiger partial charge in [-0.1, -0.05) is 38.1 Å². The number of aliphatic hydroxyl groups is 1. The molecule has 4 nitrogen and oxygen atoms in total. The van der Waals surface area contributed by atoms with E-state index in [0.717, 1.165) is 37.8 Å². The van der Waals surface area contributed by atoms with E-state index >= 15 is 0 Å². The highest BCUT2D eigenvalue weighted by molar-refractivity contribution is 5.91. The molecule has 154 valence electrons. The Hall–Kier alpha value is -1.39. The van der Waals surface area contributed by atoms with Crippen LogP contribution in [0.1, 0.15) is 69.5 Å². The number of hydrogen-bond donors (Lipinski definition) is 2. The smallest absolute Gasteiger partial charge is 0.233 e. The number of carbonyl (C=O) groups excluding carboxylic acids is 1. The molecule has 1 amide bonds. The number of nitrogens with zero attached hydrogens (tertiary/aromatic N) is 1. The van der Waals surface area contributed by atoms with Gasteiger partial charge in [0.2, 0.25) is 5.91 Å². The summed E-state index contributed by atoms with van der Waals surface area (Å²) in [5.41, 5.74) is 2.22. The first-order valence-corrected chi connectivity index (χ1v) is 11.3.